The molecule has 5 nitrogen and oxygen atoms in total. The van der Waals surface area contributed by atoms with Gasteiger partial charge in [-0.1, -0.05) is 25.1 Å². The maximum atomic E-state index is 12.5. The van der Waals surface area contributed by atoms with Crippen molar-refractivity contribution >= 4 is 11.6 Å². The van der Waals surface area contributed by atoms with Gasteiger partial charge in [0.25, 0.3) is 5.91 Å². The summed E-state index contributed by atoms with van der Waals surface area (Å²) in [6.45, 7) is 1.84. The van der Waals surface area contributed by atoms with Crippen molar-refractivity contribution in [2.45, 2.75) is 13.3 Å². The Morgan fingerprint density at radius 3 is 2.62 bits per heavy atom. The molecule has 0 aliphatic carbocycles. The van der Waals surface area contributed by atoms with E-state index in [1.807, 2.05) is 25.1 Å². The lowest BCUT2D eigenvalue weighted by Gasteiger charge is -2.09. The quantitative estimate of drug-likeness (QED) is 0.798. The number of anilines is 1. The normalized spacial score (nSPS) is 10.4. The number of carbonyl (C=O) groups is 1. The van der Waals surface area contributed by atoms with E-state index in [-0.39, 0.29) is 11.0 Å². The molecule has 0 atom stereocenters. The highest BCUT2D eigenvalue weighted by Crippen LogP contribution is 2.20. The Morgan fingerprint density at radius 2 is 1.96 bits per heavy atom. The first-order valence-corrected chi connectivity index (χ1v) is 7.63. The molecule has 0 aliphatic heterocycles. The van der Waals surface area contributed by atoms with Gasteiger partial charge in [-0.15, -0.1) is 0 Å². The Hall–Kier alpha value is -3.21. The van der Waals surface area contributed by atoms with E-state index in [2.05, 4.69) is 10.3 Å². The van der Waals surface area contributed by atoms with Crippen LogP contribution in [0.3, 0.4) is 0 Å². The Bertz CT molecular complexity index is 903. The van der Waals surface area contributed by atoms with Crippen molar-refractivity contribution in [2.24, 2.45) is 0 Å². The third-order valence-corrected chi connectivity index (χ3v) is 3.55. The smallest absolute Gasteiger partial charge is 0.263 e. The zero-order valence-corrected chi connectivity index (χ0v) is 13.2. The van der Waals surface area contributed by atoms with Crippen LogP contribution in [0.25, 0.3) is 11.3 Å². The van der Waals surface area contributed by atoms with Crippen LogP contribution in [0.1, 0.15) is 23.0 Å². The molecule has 2 heterocycles. The Morgan fingerprint density at radius 1 is 1.17 bits per heavy atom. The Kier molecular flexibility index (Phi) is 4.52. The number of nitrogens with one attached hydrogen (secondary N) is 1. The highest BCUT2D eigenvalue weighted by atomic mass is 16.3. The molecule has 0 radical (unpaired) electrons. The second-order valence-corrected chi connectivity index (χ2v) is 5.19. The van der Waals surface area contributed by atoms with Crippen LogP contribution in [0.2, 0.25) is 0 Å². The average Bonchev–Trinajstić information content (AvgIpc) is 2.62. The maximum Gasteiger partial charge on any atom is 0.263 e. The van der Waals surface area contributed by atoms with Crippen molar-refractivity contribution in [1.82, 2.24) is 4.98 Å². The molecule has 0 aliphatic rings. The second-order valence-electron chi connectivity index (χ2n) is 5.19. The van der Waals surface area contributed by atoms with Gasteiger partial charge in [0.1, 0.15) is 17.1 Å². The summed E-state index contributed by atoms with van der Waals surface area (Å²) >= 11 is 0. The van der Waals surface area contributed by atoms with Gasteiger partial charge < -0.3 is 9.73 Å². The van der Waals surface area contributed by atoms with Crippen molar-refractivity contribution in [3.05, 3.63) is 82.5 Å². The summed E-state index contributed by atoms with van der Waals surface area (Å²) in [7, 11) is 0. The number of amides is 1. The molecule has 0 saturated heterocycles. The molecule has 3 rings (SSSR count). The number of hydrogen-bond acceptors (Lipinski definition) is 4. The number of pyridine rings is 1. The largest absolute Gasteiger partial charge is 0.460 e. The van der Waals surface area contributed by atoms with Crippen LogP contribution in [-0.4, -0.2) is 10.9 Å². The van der Waals surface area contributed by atoms with Crippen molar-refractivity contribution in [3.8, 4) is 11.3 Å². The molecule has 0 saturated carbocycles. The minimum Gasteiger partial charge on any atom is -0.460 e. The lowest BCUT2D eigenvalue weighted by Crippen LogP contribution is -2.23. The third kappa shape index (κ3) is 3.25. The standard InChI is InChI=1S/C19H16N2O3/c1-2-16-18(19(23)21-14-8-4-3-5-9-14)15(22)11-17(24-16)13-7-6-10-20-12-13/h3-12H,2H2,1H3,(H,21,23). The number of aryl methyl sites for hydroxylation is 1. The van der Waals surface area contributed by atoms with E-state index in [4.69, 9.17) is 4.42 Å². The number of carbonyl (C=O) groups excluding carboxylic acids is 1. The Balaban J connectivity index is 1.99. The first kappa shape index (κ1) is 15.7. The molecule has 3 aromatic rings. The molecule has 1 aromatic carbocycles. The van der Waals surface area contributed by atoms with Crippen LogP contribution in [0.4, 0.5) is 5.69 Å². The summed E-state index contributed by atoms with van der Waals surface area (Å²) in [4.78, 5) is 29.0. The molecule has 5 heteroatoms. The first-order chi connectivity index (χ1) is 11.7. The van der Waals surface area contributed by atoms with Gasteiger partial charge in [0.2, 0.25) is 0 Å². The highest BCUT2D eigenvalue weighted by molar-refractivity contribution is 6.04. The van der Waals surface area contributed by atoms with Gasteiger partial charge in [-0.25, -0.2) is 0 Å². The van der Waals surface area contributed by atoms with Crippen molar-refractivity contribution in [3.63, 3.8) is 0 Å². The molecule has 24 heavy (non-hydrogen) atoms. The van der Waals surface area contributed by atoms with E-state index in [9.17, 15) is 9.59 Å². The van der Waals surface area contributed by atoms with Crippen LogP contribution >= 0.6 is 0 Å². The number of hydrogen-bond donors (Lipinski definition) is 1. The van der Waals surface area contributed by atoms with E-state index < -0.39 is 5.91 Å². The third-order valence-electron chi connectivity index (χ3n) is 3.55. The summed E-state index contributed by atoms with van der Waals surface area (Å²) in [6.07, 6.45) is 3.69. The van der Waals surface area contributed by atoms with E-state index >= 15 is 0 Å². The minimum absolute atomic E-state index is 0.0361. The fraction of sp³-hybridized carbons (Fsp3) is 0.105. The van der Waals surface area contributed by atoms with E-state index in [0.717, 1.165) is 0 Å². The molecule has 1 N–H and O–H groups in total. The van der Waals surface area contributed by atoms with Gasteiger partial charge in [-0.2, -0.15) is 0 Å². The van der Waals surface area contributed by atoms with E-state index in [1.165, 1.54) is 6.07 Å². The second kappa shape index (κ2) is 6.91. The van der Waals surface area contributed by atoms with Crippen LogP contribution in [-0.2, 0) is 6.42 Å². The van der Waals surface area contributed by atoms with Crippen molar-refractivity contribution in [1.29, 1.82) is 0 Å². The lowest BCUT2D eigenvalue weighted by atomic mass is 10.1. The summed E-state index contributed by atoms with van der Waals surface area (Å²) in [6, 6.07) is 13.9. The predicted octanol–water partition coefficient (Wildman–Crippen LogP) is 3.52. The topological polar surface area (TPSA) is 72.2 Å². The SMILES string of the molecule is CCc1oc(-c2cccnc2)cc(=O)c1C(=O)Nc1ccccc1. The highest BCUT2D eigenvalue weighted by Gasteiger charge is 2.19. The van der Waals surface area contributed by atoms with E-state index in [1.54, 1.807) is 36.7 Å². The fourth-order valence-corrected chi connectivity index (χ4v) is 2.40. The summed E-state index contributed by atoms with van der Waals surface area (Å²) < 4.78 is 5.78. The zero-order chi connectivity index (χ0) is 16.9. The zero-order valence-electron chi connectivity index (χ0n) is 13.2. The van der Waals surface area contributed by atoms with Gasteiger partial charge >= 0.3 is 0 Å². The lowest BCUT2D eigenvalue weighted by molar-refractivity contribution is 0.102. The van der Waals surface area contributed by atoms with Crippen LogP contribution in [0, 0.1) is 0 Å². The molecule has 0 fully saturated rings. The number of para-hydroxylation sites is 1. The average molecular weight is 320 g/mol. The van der Waals surface area contributed by atoms with E-state index in [0.29, 0.717) is 29.2 Å². The van der Waals surface area contributed by atoms with Gasteiger partial charge in [0.05, 0.1) is 0 Å². The maximum absolute atomic E-state index is 12.5. The molecule has 2 aromatic heterocycles. The number of nitrogens with zero attached hydrogens (tertiary/aromatic N) is 1. The fourth-order valence-electron chi connectivity index (χ4n) is 2.40. The first-order valence-electron chi connectivity index (χ1n) is 7.63. The van der Waals surface area contributed by atoms with Crippen LogP contribution in [0.5, 0.6) is 0 Å². The predicted molar refractivity (Wildman–Crippen MR) is 92.0 cm³/mol. The minimum atomic E-state index is -0.468. The van der Waals surface area contributed by atoms with Gasteiger partial charge in [-0.05, 0) is 24.3 Å². The number of benzene rings is 1. The Labute approximate surface area is 139 Å². The molecule has 0 spiro atoms. The number of rotatable bonds is 4. The van der Waals surface area contributed by atoms with Gasteiger partial charge in [0.15, 0.2) is 5.43 Å². The van der Waals surface area contributed by atoms with Crippen molar-refractivity contribution in [2.75, 3.05) is 5.32 Å². The molecule has 1 amide bonds. The molecule has 120 valence electrons. The molecule has 0 bridgehead atoms. The van der Waals surface area contributed by atoms with Gasteiger partial charge in [-0.3, -0.25) is 14.6 Å². The van der Waals surface area contributed by atoms with Crippen LogP contribution < -0.4 is 10.7 Å². The van der Waals surface area contributed by atoms with Crippen LogP contribution in [0.15, 0.2) is 70.1 Å². The molecular weight excluding hydrogens is 304 g/mol. The summed E-state index contributed by atoms with van der Waals surface area (Å²) in [5.41, 5.74) is 0.985. The number of aromatic nitrogens is 1. The summed E-state index contributed by atoms with van der Waals surface area (Å²) in [5, 5.41) is 2.72. The van der Waals surface area contributed by atoms with Gasteiger partial charge in [0, 0.05) is 36.1 Å². The van der Waals surface area contributed by atoms with Crippen molar-refractivity contribution < 1.29 is 9.21 Å². The monoisotopic (exact) mass is 320 g/mol. The summed E-state index contributed by atoms with van der Waals surface area (Å²) in [5.74, 6) is 0.292. The molecular formula is C19H16N2O3. The molecule has 0 unspecified atom stereocenters.